The standard InChI is InChI=1S/C16H14N4O/c21-16-7-13(8-17-16)10-1-2-14-12(5-10)6-15(20-14)11-3-4-18-19-9-11/h1-6,9,13,20H,7-8H2,(H,17,21). The van der Waals surface area contributed by atoms with Gasteiger partial charge >= 0.3 is 0 Å². The van der Waals surface area contributed by atoms with Crippen LogP contribution in [0.5, 0.6) is 0 Å². The first-order valence-electron chi connectivity index (χ1n) is 6.96. The second-order valence-electron chi connectivity index (χ2n) is 5.37. The molecule has 5 nitrogen and oxygen atoms in total. The number of benzene rings is 1. The van der Waals surface area contributed by atoms with Gasteiger partial charge in [-0.3, -0.25) is 4.79 Å². The van der Waals surface area contributed by atoms with Crippen molar-refractivity contribution >= 4 is 16.8 Å². The van der Waals surface area contributed by atoms with Gasteiger partial charge in [0.2, 0.25) is 5.91 Å². The summed E-state index contributed by atoms with van der Waals surface area (Å²) < 4.78 is 0. The van der Waals surface area contributed by atoms with Gasteiger partial charge in [0.25, 0.3) is 0 Å². The number of H-pyrrole nitrogens is 1. The Labute approximate surface area is 121 Å². The maximum absolute atomic E-state index is 11.3. The molecule has 0 radical (unpaired) electrons. The van der Waals surface area contributed by atoms with Crippen LogP contribution >= 0.6 is 0 Å². The van der Waals surface area contributed by atoms with E-state index in [0.717, 1.165) is 28.7 Å². The lowest BCUT2D eigenvalue weighted by molar-refractivity contribution is -0.119. The lowest BCUT2D eigenvalue weighted by atomic mass is 9.97. The molecule has 1 atom stereocenters. The van der Waals surface area contributed by atoms with E-state index in [4.69, 9.17) is 0 Å². The number of nitrogens with one attached hydrogen (secondary N) is 2. The van der Waals surface area contributed by atoms with Gasteiger partial charge in [-0.25, -0.2) is 0 Å². The van der Waals surface area contributed by atoms with Gasteiger partial charge in [0.05, 0.1) is 12.4 Å². The van der Waals surface area contributed by atoms with E-state index in [1.165, 1.54) is 5.56 Å². The maximum Gasteiger partial charge on any atom is 0.220 e. The zero-order valence-electron chi connectivity index (χ0n) is 11.3. The van der Waals surface area contributed by atoms with Crippen molar-refractivity contribution in [2.45, 2.75) is 12.3 Å². The Hall–Kier alpha value is -2.69. The molecule has 0 spiro atoms. The van der Waals surface area contributed by atoms with Crippen LogP contribution < -0.4 is 5.32 Å². The Kier molecular flexibility index (Phi) is 2.70. The summed E-state index contributed by atoms with van der Waals surface area (Å²) in [6, 6.07) is 10.4. The third-order valence-electron chi connectivity index (χ3n) is 3.99. The molecule has 2 N–H and O–H groups in total. The van der Waals surface area contributed by atoms with Crippen LogP contribution in [0, 0.1) is 0 Å². The van der Waals surface area contributed by atoms with E-state index in [2.05, 4.69) is 44.8 Å². The number of hydrogen-bond acceptors (Lipinski definition) is 3. The number of rotatable bonds is 2. The average Bonchev–Trinajstić information content (AvgIpc) is 3.13. The average molecular weight is 278 g/mol. The van der Waals surface area contributed by atoms with Gasteiger partial charge in [-0.15, -0.1) is 0 Å². The first-order valence-corrected chi connectivity index (χ1v) is 6.96. The van der Waals surface area contributed by atoms with Crippen LogP contribution in [-0.2, 0) is 4.79 Å². The molecule has 1 aliphatic heterocycles. The number of hydrogen-bond donors (Lipinski definition) is 2. The Morgan fingerprint density at radius 2 is 2.10 bits per heavy atom. The highest BCUT2D eigenvalue weighted by molar-refractivity contribution is 5.87. The summed E-state index contributed by atoms with van der Waals surface area (Å²) in [6.45, 7) is 0.732. The Morgan fingerprint density at radius 3 is 2.86 bits per heavy atom. The smallest absolute Gasteiger partial charge is 0.220 e. The van der Waals surface area contributed by atoms with Gasteiger partial charge in [-0.05, 0) is 29.8 Å². The minimum Gasteiger partial charge on any atom is -0.355 e. The van der Waals surface area contributed by atoms with Gasteiger partial charge in [-0.2, -0.15) is 10.2 Å². The second kappa shape index (κ2) is 4.70. The molecular weight excluding hydrogens is 264 g/mol. The molecule has 0 bridgehead atoms. The summed E-state index contributed by atoms with van der Waals surface area (Å²) in [5.41, 5.74) is 4.33. The molecular formula is C16H14N4O. The van der Waals surface area contributed by atoms with Crippen LogP contribution in [0.4, 0.5) is 0 Å². The number of aromatic amines is 1. The molecule has 104 valence electrons. The van der Waals surface area contributed by atoms with Gasteiger partial charge in [-0.1, -0.05) is 6.07 Å². The highest BCUT2D eigenvalue weighted by Gasteiger charge is 2.23. The van der Waals surface area contributed by atoms with Crippen LogP contribution in [0.25, 0.3) is 22.2 Å². The van der Waals surface area contributed by atoms with Crippen molar-refractivity contribution in [3.63, 3.8) is 0 Å². The minimum atomic E-state index is 0.137. The lowest BCUT2D eigenvalue weighted by Gasteiger charge is -2.07. The fourth-order valence-electron chi connectivity index (χ4n) is 2.85. The van der Waals surface area contributed by atoms with Crippen LogP contribution in [0.2, 0.25) is 0 Å². The number of carbonyl (C=O) groups is 1. The van der Waals surface area contributed by atoms with Crippen molar-refractivity contribution in [3.05, 3.63) is 48.3 Å². The molecule has 0 saturated carbocycles. The van der Waals surface area contributed by atoms with Crippen molar-refractivity contribution in [1.29, 1.82) is 0 Å². The number of carbonyl (C=O) groups excluding carboxylic acids is 1. The van der Waals surface area contributed by atoms with E-state index >= 15 is 0 Å². The molecule has 3 aromatic rings. The molecule has 3 heterocycles. The fourth-order valence-corrected chi connectivity index (χ4v) is 2.85. The van der Waals surface area contributed by atoms with E-state index < -0.39 is 0 Å². The molecule has 1 unspecified atom stereocenters. The lowest BCUT2D eigenvalue weighted by Crippen LogP contribution is -2.13. The van der Waals surface area contributed by atoms with Crippen LogP contribution in [0.15, 0.2) is 42.7 Å². The van der Waals surface area contributed by atoms with Crippen molar-refractivity contribution in [2.75, 3.05) is 6.54 Å². The summed E-state index contributed by atoms with van der Waals surface area (Å²) in [5.74, 6) is 0.417. The number of fused-ring (bicyclic) bond motifs is 1. The molecule has 1 fully saturated rings. The largest absolute Gasteiger partial charge is 0.355 e. The predicted octanol–water partition coefficient (Wildman–Crippen LogP) is 2.23. The molecule has 21 heavy (non-hydrogen) atoms. The van der Waals surface area contributed by atoms with Crippen LogP contribution in [0.3, 0.4) is 0 Å². The third kappa shape index (κ3) is 2.16. The Morgan fingerprint density at radius 1 is 1.14 bits per heavy atom. The van der Waals surface area contributed by atoms with E-state index in [1.54, 1.807) is 12.4 Å². The summed E-state index contributed by atoms with van der Waals surface area (Å²) in [7, 11) is 0. The van der Waals surface area contributed by atoms with Crippen molar-refractivity contribution < 1.29 is 4.79 Å². The molecule has 1 aliphatic rings. The van der Waals surface area contributed by atoms with E-state index in [9.17, 15) is 4.79 Å². The first-order chi connectivity index (χ1) is 10.3. The normalized spacial score (nSPS) is 18.1. The Balaban J connectivity index is 1.73. The molecule has 1 saturated heterocycles. The van der Waals surface area contributed by atoms with Gasteiger partial charge < -0.3 is 10.3 Å². The monoisotopic (exact) mass is 278 g/mol. The maximum atomic E-state index is 11.3. The summed E-state index contributed by atoms with van der Waals surface area (Å²) in [5, 5.41) is 11.7. The summed E-state index contributed by atoms with van der Waals surface area (Å²) >= 11 is 0. The van der Waals surface area contributed by atoms with E-state index in [-0.39, 0.29) is 11.8 Å². The number of amides is 1. The second-order valence-corrected chi connectivity index (χ2v) is 5.37. The topological polar surface area (TPSA) is 70.7 Å². The first kappa shape index (κ1) is 12.1. The Bertz CT molecular complexity index is 810. The molecule has 4 rings (SSSR count). The predicted molar refractivity (Wildman–Crippen MR) is 79.7 cm³/mol. The third-order valence-corrected chi connectivity index (χ3v) is 3.99. The zero-order valence-corrected chi connectivity index (χ0v) is 11.3. The molecule has 1 amide bonds. The molecule has 5 heteroatoms. The van der Waals surface area contributed by atoms with Gasteiger partial charge in [0.1, 0.15) is 0 Å². The molecule has 1 aromatic carbocycles. The summed E-state index contributed by atoms with van der Waals surface area (Å²) in [6.07, 6.45) is 4.00. The number of nitrogens with zero attached hydrogens (tertiary/aromatic N) is 2. The van der Waals surface area contributed by atoms with E-state index in [0.29, 0.717) is 6.42 Å². The molecule has 0 aliphatic carbocycles. The summed E-state index contributed by atoms with van der Waals surface area (Å²) in [4.78, 5) is 14.7. The van der Waals surface area contributed by atoms with Crippen LogP contribution in [0.1, 0.15) is 17.9 Å². The minimum absolute atomic E-state index is 0.137. The number of aromatic nitrogens is 3. The highest BCUT2D eigenvalue weighted by Crippen LogP contribution is 2.29. The van der Waals surface area contributed by atoms with Gasteiger partial charge in [0.15, 0.2) is 0 Å². The van der Waals surface area contributed by atoms with Crippen molar-refractivity contribution in [2.24, 2.45) is 0 Å². The van der Waals surface area contributed by atoms with Crippen molar-refractivity contribution in [1.82, 2.24) is 20.5 Å². The van der Waals surface area contributed by atoms with E-state index in [1.807, 2.05) is 6.07 Å². The highest BCUT2D eigenvalue weighted by atomic mass is 16.1. The van der Waals surface area contributed by atoms with Crippen LogP contribution in [-0.4, -0.2) is 27.6 Å². The van der Waals surface area contributed by atoms with Gasteiger partial charge in [0, 0.05) is 41.0 Å². The quantitative estimate of drug-likeness (QED) is 0.755. The SMILES string of the molecule is O=C1CC(c2ccc3[nH]c(-c4ccnnc4)cc3c2)CN1. The zero-order chi connectivity index (χ0) is 14.2. The fraction of sp³-hybridized carbons (Fsp3) is 0.188. The van der Waals surface area contributed by atoms with Crippen molar-refractivity contribution in [3.8, 4) is 11.3 Å². The molecule has 2 aromatic heterocycles.